The third kappa shape index (κ3) is 6.03. The second kappa shape index (κ2) is 11.0. The zero-order valence-electron chi connectivity index (χ0n) is 19.0. The van der Waals surface area contributed by atoms with Crippen molar-refractivity contribution in [1.82, 2.24) is 15.4 Å². The minimum absolute atomic E-state index is 0.0297. The number of ether oxygens (including phenoxy) is 1. The van der Waals surface area contributed by atoms with Gasteiger partial charge in [-0.1, -0.05) is 0 Å². The van der Waals surface area contributed by atoms with Crippen LogP contribution in [-0.2, 0) is 20.9 Å². The smallest absolute Gasteiger partial charge is 0.414 e. The number of nitrogens with zero attached hydrogens (tertiary/aromatic N) is 4. The second-order valence-corrected chi connectivity index (χ2v) is 9.10. The molecule has 0 unspecified atom stereocenters. The van der Waals surface area contributed by atoms with Gasteiger partial charge in [-0.05, 0) is 13.3 Å². The van der Waals surface area contributed by atoms with Crippen LogP contribution in [0.4, 0.5) is 29.7 Å². The van der Waals surface area contributed by atoms with Crippen LogP contribution in [0, 0.1) is 11.6 Å². The average Bonchev–Trinajstić information content (AvgIpc) is 3.39. The number of halogens is 2. The number of nitrogens with one attached hydrogen (secondary N) is 1. The Morgan fingerprint density at radius 1 is 1.23 bits per heavy atom. The van der Waals surface area contributed by atoms with Crippen LogP contribution in [-0.4, -0.2) is 66.8 Å². The van der Waals surface area contributed by atoms with Crippen molar-refractivity contribution in [3.63, 3.8) is 0 Å². The van der Waals surface area contributed by atoms with Crippen LogP contribution in [0.25, 0.3) is 0 Å². The van der Waals surface area contributed by atoms with Gasteiger partial charge in [-0.25, -0.2) is 28.4 Å². The number of amides is 3. The molecule has 0 spiro atoms. The van der Waals surface area contributed by atoms with Crippen molar-refractivity contribution in [3.05, 3.63) is 40.4 Å². The van der Waals surface area contributed by atoms with E-state index in [0.29, 0.717) is 6.42 Å². The van der Waals surface area contributed by atoms with Gasteiger partial charge < -0.3 is 19.7 Å². The lowest BCUT2D eigenvalue weighted by atomic mass is 10.1. The number of rotatable bonds is 7. The topological polar surface area (TPSA) is 104 Å². The first-order valence-corrected chi connectivity index (χ1v) is 12.0. The first-order valence-electron chi connectivity index (χ1n) is 11.1. The molecule has 0 bridgehead atoms. The Balaban J connectivity index is 1.39. The maximum Gasteiger partial charge on any atom is 0.414 e. The SMILES string of the molecule is CC(=O)CC[C@H]1CN(c2cc(F)c(N3CCON(C(=O)NCc4nccs4)CC3)c(F)c2)C(=O)O1. The van der Waals surface area contributed by atoms with Crippen LogP contribution in [0.3, 0.4) is 0 Å². The number of Topliss-reactive ketones (excluding diaryl/α,β-unsaturated/α-hetero) is 1. The predicted octanol–water partition coefficient (Wildman–Crippen LogP) is 3.08. The lowest BCUT2D eigenvalue weighted by molar-refractivity contribution is -0.117. The van der Waals surface area contributed by atoms with Crippen LogP contribution in [0.2, 0.25) is 0 Å². The van der Waals surface area contributed by atoms with Gasteiger partial charge in [0.1, 0.15) is 22.6 Å². The Kier molecular flexibility index (Phi) is 7.76. The van der Waals surface area contributed by atoms with Gasteiger partial charge in [0.15, 0.2) is 11.6 Å². The van der Waals surface area contributed by atoms with Crippen molar-refractivity contribution in [2.24, 2.45) is 0 Å². The molecule has 0 aliphatic carbocycles. The Bertz CT molecular complexity index is 1060. The molecule has 2 aromatic rings. The highest BCUT2D eigenvalue weighted by atomic mass is 32.1. The fourth-order valence-corrected chi connectivity index (χ4v) is 4.43. The molecule has 3 heterocycles. The quantitative estimate of drug-likeness (QED) is 0.612. The lowest BCUT2D eigenvalue weighted by Crippen LogP contribution is -2.41. The van der Waals surface area contributed by atoms with Crippen molar-refractivity contribution in [2.75, 3.05) is 42.6 Å². The minimum Gasteiger partial charge on any atom is -0.444 e. The van der Waals surface area contributed by atoms with E-state index in [1.807, 2.05) is 0 Å². The van der Waals surface area contributed by atoms with Crippen molar-refractivity contribution in [3.8, 4) is 0 Å². The summed E-state index contributed by atoms with van der Waals surface area (Å²) in [6, 6.07) is 1.69. The summed E-state index contributed by atoms with van der Waals surface area (Å²) in [5, 5.41) is 6.36. The molecule has 35 heavy (non-hydrogen) atoms. The van der Waals surface area contributed by atoms with Crippen molar-refractivity contribution < 1.29 is 32.7 Å². The summed E-state index contributed by atoms with van der Waals surface area (Å²) in [5.41, 5.74) is -0.226. The predicted molar refractivity (Wildman–Crippen MR) is 123 cm³/mol. The molecule has 2 aliphatic heterocycles. The van der Waals surface area contributed by atoms with E-state index in [1.54, 1.807) is 11.6 Å². The number of anilines is 2. The number of aromatic nitrogens is 1. The number of thiazole rings is 1. The van der Waals surface area contributed by atoms with E-state index in [1.165, 1.54) is 23.2 Å². The van der Waals surface area contributed by atoms with Crippen molar-refractivity contribution in [1.29, 1.82) is 0 Å². The zero-order valence-corrected chi connectivity index (χ0v) is 19.9. The largest absolute Gasteiger partial charge is 0.444 e. The average molecular weight is 510 g/mol. The van der Waals surface area contributed by atoms with Crippen LogP contribution in [0.15, 0.2) is 23.7 Å². The first kappa shape index (κ1) is 24.8. The standard InChI is InChI=1S/C22H25F2N5O5S/c1-14(30)2-3-16-13-28(22(32)34-16)15-10-17(23)20(18(24)11-15)27-5-6-29(33-8-7-27)21(31)26-12-19-25-4-9-35-19/h4,9-11,16H,2-3,5-8,12-13H2,1H3,(H,26,31)/t16-/m0/s1. The summed E-state index contributed by atoms with van der Waals surface area (Å²) in [5.74, 6) is -1.72. The van der Waals surface area contributed by atoms with Crippen molar-refractivity contribution >= 4 is 40.6 Å². The molecular formula is C22H25F2N5O5S. The molecule has 1 aromatic carbocycles. The van der Waals surface area contributed by atoms with E-state index in [0.717, 1.165) is 27.1 Å². The van der Waals surface area contributed by atoms with Crippen LogP contribution in [0.1, 0.15) is 24.8 Å². The van der Waals surface area contributed by atoms with Gasteiger partial charge in [-0.15, -0.1) is 11.3 Å². The molecule has 0 saturated carbocycles. The molecule has 2 fully saturated rings. The number of benzene rings is 1. The highest BCUT2D eigenvalue weighted by Crippen LogP contribution is 2.32. The van der Waals surface area contributed by atoms with E-state index in [4.69, 9.17) is 9.57 Å². The van der Waals surface area contributed by atoms with E-state index in [9.17, 15) is 14.4 Å². The first-order chi connectivity index (χ1) is 16.8. The molecule has 2 aliphatic rings. The number of cyclic esters (lactones) is 1. The van der Waals surface area contributed by atoms with Gasteiger partial charge in [0.2, 0.25) is 0 Å². The molecule has 4 rings (SSSR count). The molecule has 0 radical (unpaired) electrons. The molecule has 13 heteroatoms. The zero-order chi connectivity index (χ0) is 24.9. The summed E-state index contributed by atoms with van der Waals surface area (Å²) < 4.78 is 35.3. The Morgan fingerprint density at radius 3 is 2.69 bits per heavy atom. The number of carbonyl (C=O) groups excluding carboxylic acids is 3. The second-order valence-electron chi connectivity index (χ2n) is 8.12. The highest BCUT2D eigenvalue weighted by molar-refractivity contribution is 7.09. The van der Waals surface area contributed by atoms with Gasteiger partial charge in [0.05, 0.1) is 31.9 Å². The summed E-state index contributed by atoms with van der Waals surface area (Å²) >= 11 is 1.41. The summed E-state index contributed by atoms with van der Waals surface area (Å²) in [6.07, 6.45) is 1.01. The molecular weight excluding hydrogens is 484 g/mol. The van der Waals surface area contributed by atoms with E-state index in [2.05, 4.69) is 10.3 Å². The molecule has 1 N–H and O–H groups in total. The van der Waals surface area contributed by atoms with Crippen molar-refractivity contribution in [2.45, 2.75) is 32.4 Å². The molecule has 1 atom stereocenters. The van der Waals surface area contributed by atoms with Gasteiger partial charge in [-0.3, -0.25) is 9.74 Å². The molecule has 2 saturated heterocycles. The van der Waals surface area contributed by atoms with E-state index >= 15 is 8.78 Å². The highest BCUT2D eigenvalue weighted by Gasteiger charge is 2.34. The van der Waals surface area contributed by atoms with Gasteiger partial charge in [0.25, 0.3) is 0 Å². The Morgan fingerprint density at radius 2 is 2.00 bits per heavy atom. The summed E-state index contributed by atoms with van der Waals surface area (Å²) in [4.78, 5) is 47.9. The molecule has 10 nitrogen and oxygen atoms in total. The minimum atomic E-state index is -0.846. The molecule has 188 valence electrons. The maximum absolute atomic E-state index is 15.0. The maximum atomic E-state index is 15.0. The van der Waals surface area contributed by atoms with E-state index < -0.39 is 29.9 Å². The van der Waals surface area contributed by atoms with Crippen LogP contribution < -0.4 is 15.1 Å². The number of hydroxylamine groups is 2. The fourth-order valence-electron chi connectivity index (χ4n) is 3.87. The lowest BCUT2D eigenvalue weighted by Gasteiger charge is -2.24. The third-order valence-corrected chi connectivity index (χ3v) is 6.38. The summed E-state index contributed by atoms with van der Waals surface area (Å²) in [7, 11) is 0. The van der Waals surface area contributed by atoms with Gasteiger partial charge >= 0.3 is 12.1 Å². The number of urea groups is 1. The molecule has 1 aromatic heterocycles. The normalized spacial score (nSPS) is 18.4. The number of hydrogen-bond donors (Lipinski definition) is 1. The Hall–Kier alpha value is -3.32. The fraction of sp³-hybridized carbons (Fsp3) is 0.455. The number of carbonyl (C=O) groups is 3. The van der Waals surface area contributed by atoms with Crippen LogP contribution in [0.5, 0.6) is 0 Å². The molecule has 3 amide bonds. The van der Waals surface area contributed by atoms with E-state index in [-0.39, 0.29) is 62.9 Å². The van der Waals surface area contributed by atoms with Crippen LogP contribution >= 0.6 is 11.3 Å². The monoisotopic (exact) mass is 509 g/mol. The number of ketones is 1. The Labute approximate surface area is 204 Å². The van der Waals surface area contributed by atoms with Gasteiger partial charge in [-0.2, -0.15) is 0 Å². The summed E-state index contributed by atoms with van der Waals surface area (Å²) in [6.45, 7) is 2.22. The van der Waals surface area contributed by atoms with Gasteiger partial charge in [0, 0.05) is 43.2 Å². The third-order valence-electron chi connectivity index (χ3n) is 5.60. The number of hydrogen-bond acceptors (Lipinski definition) is 8.